The Hall–Kier alpha value is 0.510. The quantitative estimate of drug-likeness (QED) is 0.0702. The van der Waals surface area contributed by atoms with Gasteiger partial charge in [0.15, 0.2) is 0 Å². The van der Waals surface area contributed by atoms with Gasteiger partial charge in [-0.15, -0.1) is 0 Å². The van der Waals surface area contributed by atoms with Crippen molar-refractivity contribution in [1.82, 2.24) is 0 Å². The van der Waals surface area contributed by atoms with Crippen LogP contribution >= 0.6 is 23.8 Å². The van der Waals surface area contributed by atoms with E-state index in [-0.39, 0.29) is 23.8 Å². The van der Waals surface area contributed by atoms with Gasteiger partial charge < -0.3 is 0 Å². The monoisotopic (exact) mass is 594 g/mol. The number of benzene rings is 1. The molecule has 0 unspecified atom stereocenters. The smallest absolute Gasteiger partial charge is 0.00873 e. The molecule has 39 heavy (non-hydrogen) atoms. The highest BCUT2D eigenvalue weighted by Gasteiger charge is 2.26. The van der Waals surface area contributed by atoms with Crippen molar-refractivity contribution in [3.8, 4) is 0 Å². The standard InChI is InChI=1S/C36H69P3/c1-7-13-19-28-37(29-20-14-8-2)34-26-25-27-35(38(30-21-15-9-3)31-22-16-10-4)36(34)39(32-23-17-11-5)33-24-18-12-6/h25-27H,7-24,28-33H2,1-6H3. The fourth-order valence-corrected chi connectivity index (χ4v) is 15.4. The molecule has 0 fully saturated rings. The summed E-state index contributed by atoms with van der Waals surface area (Å²) < 4.78 is 0. The molecule has 0 radical (unpaired) electrons. The first kappa shape index (κ1) is 37.5. The van der Waals surface area contributed by atoms with E-state index in [0.717, 1.165) is 0 Å². The van der Waals surface area contributed by atoms with Crippen LogP contribution in [-0.4, -0.2) is 37.0 Å². The Labute approximate surface area is 251 Å². The van der Waals surface area contributed by atoms with E-state index >= 15 is 0 Å². The summed E-state index contributed by atoms with van der Waals surface area (Å²) in [6.45, 7) is 14.3. The van der Waals surface area contributed by atoms with Gasteiger partial charge in [0, 0.05) is 0 Å². The summed E-state index contributed by atoms with van der Waals surface area (Å²) in [5.74, 6) is 0. The fourth-order valence-electron chi connectivity index (χ4n) is 5.71. The average molecular weight is 595 g/mol. The summed E-state index contributed by atoms with van der Waals surface area (Å²) in [5, 5.41) is 5.82. The lowest BCUT2D eigenvalue weighted by atomic mass is 10.3. The molecule has 3 heteroatoms. The molecule has 0 saturated carbocycles. The predicted molar refractivity (Wildman–Crippen MR) is 192 cm³/mol. The maximum Gasteiger partial charge on any atom is -0.00873 e. The Morgan fingerprint density at radius 3 is 0.872 bits per heavy atom. The molecular weight excluding hydrogens is 525 g/mol. The van der Waals surface area contributed by atoms with E-state index in [4.69, 9.17) is 0 Å². The molecule has 228 valence electrons. The fraction of sp³-hybridized carbons (Fsp3) is 0.833. The third kappa shape index (κ3) is 16.1. The molecule has 0 aromatic heterocycles. The molecule has 0 nitrogen and oxygen atoms in total. The minimum Gasteiger partial charge on any atom is -0.0746 e. The second-order valence-electron chi connectivity index (χ2n) is 11.8. The van der Waals surface area contributed by atoms with E-state index in [0.29, 0.717) is 0 Å². The summed E-state index contributed by atoms with van der Waals surface area (Å²) in [7, 11) is -0.0591. The van der Waals surface area contributed by atoms with Gasteiger partial charge in [0.1, 0.15) is 0 Å². The Balaban J connectivity index is 3.60. The van der Waals surface area contributed by atoms with Crippen molar-refractivity contribution in [1.29, 1.82) is 0 Å². The number of hydrogen-bond acceptors (Lipinski definition) is 0. The number of rotatable bonds is 27. The summed E-state index contributed by atoms with van der Waals surface area (Å²) in [6, 6.07) is 7.87. The van der Waals surface area contributed by atoms with Crippen molar-refractivity contribution in [2.75, 3.05) is 37.0 Å². The van der Waals surface area contributed by atoms with Gasteiger partial charge in [-0.3, -0.25) is 0 Å². The van der Waals surface area contributed by atoms with Crippen LogP contribution in [0.4, 0.5) is 0 Å². The Kier molecular flexibility index (Phi) is 25.2. The Morgan fingerprint density at radius 2 is 0.615 bits per heavy atom. The summed E-state index contributed by atoms with van der Waals surface area (Å²) in [4.78, 5) is 0. The van der Waals surface area contributed by atoms with Crippen LogP contribution in [-0.2, 0) is 0 Å². The SMILES string of the molecule is CCCCCP(CCCCC)c1cccc(P(CCCCC)CCCCC)c1P(CCCCC)CCCCC. The number of hydrogen-bond donors (Lipinski definition) is 0. The lowest BCUT2D eigenvalue weighted by Crippen LogP contribution is -2.37. The molecule has 1 aromatic rings. The van der Waals surface area contributed by atoms with Gasteiger partial charge in [0.25, 0.3) is 0 Å². The van der Waals surface area contributed by atoms with Crippen molar-refractivity contribution < 1.29 is 0 Å². The maximum absolute atomic E-state index is 2.67. The molecule has 0 atom stereocenters. The summed E-state index contributed by atoms with van der Waals surface area (Å²) in [6.07, 6.45) is 34.3. The van der Waals surface area contributed by atoms with E-state index in [9.17, 15) is 0 Å². The van der Waals surface area contributed by atoms with Gasteiger partial charge in [-0.05, 0) is 91.4 Å². The molecule has 1 aromatic carbocycles. The minimum absolute atomic E-state index is 0.0158. The van der Waals surface area contributed by atoms with Crippen molar-refractivity contribution in [3.05, 3.63) is 18.2 Å². The zero-order valence-corrected chi connectivity index (χ0v) is 30.2. The molecule has 0 saturated heterocycles. The van der Waals surface area contributed by atoms with Crippen LogP contribution in [0.25, 0.3) is 0 Å². The first-order chi connectivity index (χ1) is 19.2. The second kappa shape index (κ2) is 26.2. The van der Waals surface area contributed by atoms with Crippen LogP contribution in [0.2, 0.25) is 0 Å². The molecule has 1 rings (SSSR count). The Morgan fingerprint density at radius 1 is 0.359 bits per heavy atom. The van der Waals surface area contributed by atoms with E-state index in [2.05, 4.69) is 59.7 Å². The van der Waals surface area contributed by atoms with Gasteiger partial charge in [-0.25, -0.2) is 0 Å². The van der Waals surface area contributed by atoms with Crippen LogP contribution in [0.1, 0.15) is 157 Å². The summed E-state index contributed by atoms with van der Waals surface area (Å²) >= 11 is 0. The van der Waals surface area contributed by atoms with E-state index in [1.54, 1.807) is 0 Å². The number of unbranched alkanes of at least 4 members (excludes halogenated alkanes) is 12. The van der Waals surface area contributed by atoms with Gasteiger partial charge >= 0.3 is 0 Å². The first-order valence-corrected chi connectivity index (χ1v) is 22.7. The van der Waals surface area contributed by atoms with Gasteiger partial charge in [-0.2, -0.15) is 0 Å². The predicted octanol–water partition coefficient (Wildman–Crippen LogP) is 12.1. The molecule has 0 N–H and O–H groups in total. The maximum atomic E-state index is 2.67. The molecule has 0 aliphatic carbocycles. The molecule has 0 amide bonds. The van der Waals surface area contributed by atoms with Crippen LogP contribution < -0.4 is 15.9 Å². The normalized spacial score (nSPS) is 11.9. The van der Waals surface area contributed by atoms with Crippen molar-refractivity contribution in [2.24, 2.45) is 0 Å². The van der Waals surface area contributed by atoms with Crippen LogP contribution in [0.15, 0.2) is 18.2 Å². The van der Waals surface area contributed by atoms with E-state index in [1.807, 2.05) is 15.9 Å². The second-order valence-corrected chi connectivity index (χ2v) is 19.2. The molecule has 0 aliphatic rings. The highest BCUT2D eigenvalue weighted by molar-refractivity contribution is 7.75. The van der Waals surface area contributed by atoms with Crippen molar-refractivity contribution in [3.63, 3.8) is 0 Å². The van der Waals surface area contributed by atoms with Gasteiger partial charge in [-0.1, -0.05) is 161 Å². The highest BCUT2D eigenvalue weighted by Crippen LogP contribution is 2.46. The zero-order chi connectivity index (χ0) is 28.6. The molecule has 0 heterocycles. The lowest BCUT2D eigenvalue weighted by Gasteiger charge is -2.32. The Bertz CT molecular complexity index is 601. The lowest BCUT2D eigenvalue weighted by molar-refractivity contribution is 0.762. The van der Waals surface area contributed by atoms with Crippen LogP contribution in [0.3, 0.4) is 0 Å². The zero-order valence-electron chi connectivity index (χ0n) is 27.5. The molecular formula is C36H69P3. The first-order valence-electron chi connectivity index (χ1n) is 17.6. The molecule has 0 aliphatic heterocycles. The van der Waals surface area contributed by atoms with Crippen molar-refractivity contribution in [2.45, 2.75) is 157 Å². The highest BCUT2D eigenvalue weighted by atomic mass is 31.1. The minimum atomic E-state index is -0.0275. The third-order valence-electron chi connectivity index (χ3n) is 8.18. The van der Waals surface area contributed by atoms with Gasteiger partial charge in [0.2, 0.25) is 0 Å². The average Bonchev–Trinajstić information content (AvgIpc) is 2.95. The topological polar surface area (TPSA) is 0 Å². The molecule has 0 spiro atoms. The van der Waals surface area contributed by atoms with Crippen LogP contribution in [0.5, 0.6) is 0 Å². The largest absolute Gasteiger partial charge is 0.0746 e. The van der Waals surface area contributed by atoms with Crippen LogP contribution in [0, 0.1) is 0 Å². The van der Waals surface area contributed by atoms with E-state index in [1.165, 1.54) is 153 Å². The van der Waals surface area contributed by atoms with Crippen molar-refractivity contribution >= 4 is 39.7 Å². The third-order valence-corrected chi connectivity index (χ3v) is 16.9. The van der Waals surface area contributed by atoms with Gasteiger partial charge in [0.05, 0.1) is 0 Å². The molecule has 0 bridgehead atoms. The summed E-state index contributed by atoms with van der Waals surface area (Å²) in [5.41, 5.74) is 0. The van der Waals surface area contributed by atoms with E-state index < -0.39 is 0 Å².